The molecule has 0 saturated carbocycles. The zero-order valence-electron chi connectivity index (χ0n) is 9.64. The van der Waals surface area contributed by atoms with Crippen LogP contribution in [0, 0.1) is 0 Å². The van der Waals surface area contributed by atoms with Gasteiger partial charge in [0.05, 0.1) is 0 Å². The third kappa shape index (κ3) is 3.53. The molecule has 0 unspecified atom stereocenters. The third-order valence-corrected chi connectivity index (χ3v) is 2.64. The van der Waals surface area contributed by atoms with Crippen molar-refractivity contribution in [3.05, 3.63) is 59.1 Å². The Balaban J connectivity index is 1.84. The molecular weight excluding hydrogens is 250 g/mol. The Morgan fingerprint density at radius 3 is 2.94 bits per heavy atom. The van der Waals surface area contributed by atoms with Gasteiger partial charge >= 0.3 is 0 Å². The fourth-order valence-corrected chi connectivity index (χ4v) is 1.74. The molecule has 0 aliphatic carbocycles. The summed E-state index contributed by atoms with van der Waals surface area (Å²) < 4.78 is 0. The summed E-state index contributed by atoms with van der Waals surface area (Å²) in [6, 6.07) is 9.16. The van der Waals surface area contributed by atoms with Gasteiger partial charge in [-0.3, -0.25) is 4.79 Å². The van der Waals surface area contributed by atoms with Gasteiger partial charge in [-0.05, 0) is 30.2 Å². The molecule has 1 amide bonds. The minimum absolute atomic E-state index is 0.195. The second-order valence-electron chi connectivity index (χ2n) is 3.73. The maximum absolute atomic E-state index is 11.7. The summed E-state index contributed by atoms with van der Waals surface area (Å²) in [4.78, 5) is 19.3. The number of nitrogens with zero attached hydrogens (tertiary/aromatic N) is 2. The van der Waals surface area contributed by atoms with E-state index in [9.17, 15) is 4.79 Å². The lowest BCUT2D eigenvalue weighted by Crippen LogP contribution is -2.26. The number of hydrogen-bond acceptors (Lipinski definition) is 3. The first kappa shape index (κ1) is 12.5. The van der Waals surface area contributed by atoms with Gasteiger partial charge in [-0.15, -0.1) is 0 Å². The molecule has 1 N–H and O–H groups in total. The second kappa shape index (κ2) is 6.12. The first-order valence-corrected chi connectivity index (χ1v) is 5.92. The minimum atomic E-state index is -0.195. The van der Waals surface area contributed by atoms with E-state index >= 15 is 0 Å². The second-order valence-corrected chi connectivity index (χ2v) is 4.17. The first-order chi connectivity index (χ1) is 8.75. The summed E-state index contributed by atoms with van der Waals surface area (Å²) in [5.41, 5.74) is 1.46. The van der Waals surface area contributed by atoms with Crippen LogP contribution >= 0.6 is 11.6 Å². The summed E-state index contributed by atoms with van der Waals surface area (Å²) in [6.07, 6.45) is 3.63. The van der Waals surface area contributed by atoms with Crippen molar-refractivity contribution in [2.45, 2.75) is 6.42 Å². The molecule has 0 saturated heterocycles. The van der Waals surface area contributed by atoms with E-state index in [0.29, 0.717) is 17.3 Å². The number of halogens is 1. The average Bonchev–Trinajstić information content (AvgIpc) is 2.40. The van der Waals surface area contributed by atoms with Crippen LogP contribution in [0.4, 0.5) is 0 Å². The Hall–Kier alpha value is -1.94. The lowest BCUT2D eigenvalue weighted by molar-refractivity contribution is 0.0949. The lowest BCUT2D eigenvalue weighted by atomic mass is 10.1. The SMILES string of the molecule is O=C(NCCc1cccc(Cl)c1)c1ccncn1. The highest BCUT2D eigenvalue weighted by molar-refractivity contribution is 6.30. The molecule has 2 aromatic rings. The Kier molecular flexibility index (Phi) is 4.25. The maximum atomic E-state index is 11.7. The van der Waals surface area contributed by atoms with Gasteiger partial charge in [0.25, 0.3) is 5.91 Å². The highest BCUT2D eigenvalue weighted by Gasteiger charge is 2.05. The predicted octanol–water partition coefficient (Wildman–Crippen LogP) is 2.10. The Labute approximate surface area is 110 Å². The molecule has 0 aliphatic rings. The van der Waals surface area contributed by atoms with Gasteiger partial charge in [-0.1, -0.05) is 23.7 Å². The van der Waals surface area contributed by atoms with Gasteiger partial charge in [0.15, 0.2) is 0 Å². The summed E-state index contributed by atoms with van der Waals surface area (Å²) in [6.45, 7) is 0.545. The maximum Gasteiger partial charge on any atom is 0.270 e. The van der Waals surface area contributed by atoms with Crippen LogP contribution in [0.1, 0.15) is 16.1 Å². The van der Waals surface area contributed by atoms with Crippen molar-refractivity contribution in [1.82, 2.24) is 15.3 Å². The first-order valence-electron chi connectivity index (χ1n) is 5.54. The molecule has 4 nitrogen and oxygen atoms in total. The summed E-state index contributed by atoms with van der Waals surface area (Å²) in [5, 5.41) is 3.50. The van der Waals surface area contributed by atoms with E-state index in [1.807, 2.05) is 24.3 Å². The molecule has 0 atom stereocenters. The van der Waals surface area contributed by atoms with Crippen LogP contribution in [0.3, 0.4) is 0 Å². The fourth-order valence-electron chi connectivity index (χ4n) is 1.53. The minimum Gasteiger partial charge on any atom is -0.350 e. The molecule has 5 heteroatoms. The van der Waals surface area contributed by atoms with E-state index in [0.717, 1.165) is 12.0 Å². The molecule has 0 aliphatic heterocycles. The van der Waals surface area contributed by atoms with Crippen LogP contribution in [-0.2, 0) is 6.42 Å². The Bertz CT molecular complexity index is 531. The van der Waals surface area contributed by atoms with Crippen LogP contribution < -0.4 is 5.32 Å². The van der Waals surface area contributed by atoms with Crippen LogP contribution in [-0.4, -0.2) is 22.4 Å². The molecule has 0 spiro atoms. The summed E-state index contributed by atoms with van der Waals surface area (Å²) in [7, 11) is 0. The van der Waals surface area contributed by atoms with E-state index in [4.69, 9.17) is 11.6 Å². The highest BCUT2D eigenvalue weighted by atomic mass is 35.5. The normalized spacial score (nSPS) is 10.1. The van der Waals surface area contributed by atoms with E-state index in [1.165, 1.54) is 6.33 Å². The van der Waals surface area contributed by atoms with Gasteiger partial charge in [0.1, 0.15) is 12.0 Å². The highest BCUT2D eigenvalue weighted by Crippen LogP contribution is 2.10. The van der Waals surface area contributed by atoms with Crippen molar-refractivity contribution in [3.8, 4) is 0 Å². The predicted molar refractivity (Wildman–Crippen MR) is 69.5 cm³/mol. The summed E-state index contributed by atoms with van der Waals surface area (Å²) in [5.74, 6) is -0.195. The quantitative estimate of drug-likeness (QED) is 0.917. The lowest BCUT2D eigenvalue weighted by Gasteiger charge is -2.04. The van der Waals surface area contributed by atoms with Crippen molar-refractivity contribution >= 4 is 17.5 Å². The molecule has 1 aromatic carbocycles. The molecule has 1 heterocycles. The fraction of sp³-hybridized carbons (Fsp3) is 0.154. The zero-order valence-corrected chi connectivity index (χ0v) is 10.4. The standard InChI is InChI=1S/C13H12ClN3O/c14-11-3-1-2-10(8-11)4-7-16-13(18)12-5-6-15-9-17-12/h1-3,5-6,8-9H,4,7H2,(H,16,18). The van der Waals surface area contributed by atoms with Crippen molar-refractivity contribution in [2.24, 2.45) is 0 Å². The number of nitrogens with one attached hydrogen (secondary N) is 1. The molecule has 0 bridgehead atoms. The van der Waals surface area contributed by atoms with Gasteiger partial charge in [0.2, 0.25) is 0 Å². The number of rotatable bonds is 4. The molecule has 1 aromatic heterocycles. The molecule has 2 rings (SSSR count). The molecule has 92 valence electrons. The largest absolute Gasteiger partial charge is 0.350 e. The van der Waals surface area contributed by atoms with Crippen molar-refractivity contribution in [1.29, 1.82) is 0 Å². The van der Waals surface area contributed by atoms with Crippen LogP contribution in [0.15, 0.2) is 42.9 Å². The Morgan fingerprint density at radius 2 is 2.22 bits per heavy atom. The number of benzene rings is 1. The number of amides is 1. The number of carbonyl (C=O) groups excluding carboxylic acids is 1. The van der Waals surface area contributed by atoms with Gasteiger partial charge in [-0.25, -0.2) is 9.97 Å². The number of carbonyl (C=O) groups is 1. The van der Waals surface area contributed by atoms with Gasteiger partial charge in [-0.2, -0.15) is 0 Å². The monoisotopic (exact) mass is 261 g/mol. The number of hydrogen-bond donors (Lipinski definition) is 1. The molecule has 0 fully saturated rings. The Morgan fingerprint density at radius 1 is 1.33 bits per heavy atom. The van der Waals surface area contributed by atoms with Crippen LogP contribution in [0.5, 0.6) is 0 Å². The molecule has 0 radical (unpaired) electrons. The van der Waals surface area contributed by atoms with Crippen molar-refractivity contribution < 1.29 is 4.79 Å². The average molecular weight is 262 g/mol. The van der Waals surface area contributed by atoms with Crippen LogP contribution in [0.2, 0.25) is 5.02 Å². The van der Waals surface area contributed by atoms with E-state index in [1.54, 1.807) is 12.3 Å². The van der Waals surface area contributed by atoms with Crippen molar-refractivity contribution in [2.75, 3.05) is 6.54 Å². The van der Waals surface area contributed by atoms with Crippen molar-refractivity contribution in [3.63, 3.8) is 0 Å². The van der Waals surface area contributed by atoms with Crippen LogP contribution in [0.25, 0.3) is 0 Å². The zero-order chi connectivity index (χ0) is 12.8. The molecule has 18 heavy (non-hydrogen) atoms. The third-order valence-electron chi connectivity index (χ3n) is 2.40. The van der Waals surface area contributed by atoms with Gasteiger partial charge in [0, 0.05) is 17.8 Å². The van der Waals surface area contributed by atoms with E-state index in [-0.39, 0.29) is 5.91 Å². The van der Waals surface area contributed by atoms with E-state index < -0.39 is 0 Å². The smallest absolute Gasteiger partial charge is 0.270 e. The van der Waals surface area contributed by atoms with E-state index in [2.05, 4.69) is 15.3 Å². The molecular formula is C13H12ClN3O. The number of aromatic nitrogens is 2. The summed E-state index contributed by atoms with van der Waals surface area (Å²) >= 11 is 5.88. The van der Waals surface area contributed by atoms with Gasteiger partial charge < -0.3 is 5.32 Å². The topological polar surface area (TPSA) is 54.9 Å².